The number of carbonyl (C=O) groups is 1. The van der Waals surface area contributed by atoms with E-state index in [1.807, 2.05) is 0 Å². The topological polar surface area (TPSA) is 52.3 Å². The summed E-state index contributed by atoms with van der Waals surface area (Å²) >= 11 is 0. The Bertz CT molecular complexity index is 62.7. The summed E-state index contributed by atoms with van der Waals surface area (Å²) in [4.78, 5) is 10.1. The second kappa shape index (κ2) is 3.61. The van der Waals surface area contributed by atoms with Gasteiger partial charge in [0.1, 0.15) is 0 Å². The molecule has 0 saturated carbocycles. The predicted octanol–water partition coefficient (Wildman–Crippen LogP) is -0.492. The van der Waals surface area contributed by atoms with Gasteiger partial charge in [-0.3, -0.25) is 4.79 Å². The Hall–Kier alpha value is -0.570. The molecule has 0 saturated heterocycles. The van der Waals surface area contributed by atoms with Crippen LogP contribution in [0.4, 0.5) is 0 Å². The van der Waals surface area contributed by atoms with E-state index in [-0.39, 0.29) is 12.5 Å². The van der Waals surface area contributed by atoms with Crippen molar-refractivity contribution in [1.29, 1.82) is 0 Å². The molecule has 0 unspecified atom stereocenters. The average Bonchev–Trinajstić information content (AvgIpc) is 1.68. The maximum absolute atomic E-state index is 10.1. The minimum atomic E-state index is -0.345. The van der Waals surface area contributed by atoms with Gasteiger partial charge in [-0.1, -0.05) is 0 Å². The molecule has 0 amide bonds. The van der Waals surface area contributed by atoms with Gasteiger partial charge < -0.3 is 10.5 Å². The Morgan fingerprint density at radius 3 is 2.71 bits per heavy atom. The van der Waals surface area contributed by atoms with Gasteiger partial charge in [0.15, 0.2) is 0 Å². The number of carbonyl (C=O) groups excluding carboxylic acids is 1. The zero-order valence-corrected chi connectivity index (χ0v) is 4.31. The van der Waals surface area contributed by atoms with Gasteiger partial charge in [0.05, 0.1) is 13.2 Å². The minimum Gasteiger partial charge on any atom is -0.465 e. The average molecular weight is 105 g/mol. The van der Waals surface area contributed by atoms with Crippen LogP contribution in [0.25, 0.3) is 0 Å². The Labute approximate surface area is 42.4 Å². The Morgan fingerprint density at radius 1 is 2.00 bits per heavy atom. The third kappa shape index (κ3) is 3.26. The molecule has 2 N–H and O–H groups in total. The van der Waals surface area contributed by atoms with Crippen LogP contribution in [-0.4, -0.2) is 19.1 Å². The third-order valence-electron chi connectivity index (χ3n) is 0.472. The molecule has 0 spiro atoms. The molecule has 0 bridgehead atoms. The second-order valence-corrected chi connectivity index (χ2v) is 1.01. The van der Waals surface area contributed by atoms with Gasteiger partial charge in [-0.25, -0.2) is 0 Å². The van der Waals surface area contributed by atoms with E-state index in [1.165, 1.54) is 0 Å². The number of rotatable bonds is 2. The van der Waals surface area contributed by atoms with E-state index < -0.39 is 0 Å². The van der Waals surface area contributed by atoms with Crippen molar-refractivity contribution in [3.8, 4) is 0 Å². The lowest BCUT2D eigenvalue weighted by molar-refractivity contribution is -0.141. The molecule has 0 aliphatic rings. The SMILES string of the molecule is CCOC(=O)[14CH2]N. The number of hydrogen-bond donors (Lipinski definition) is 1. The van der Waals surface area contributed by atoms with Crippen molar-refractivity contribution >= 4 is 5.97 Å². The molecule has 3 heteroatoms. The van der Waals surface area contributed by atoms with Crippen molar-refractivity contribution in [3.63, 3.8) is 0 Å². The first-order valence-electron chi connectivity index (χ1n) is 2.17. The van der Waals surface area contributed by atoms with Crippen LogP contribution in [0.15, 0.2) is 0 Å². The highest BCUT2D eigenvalue weighted by atomic mass is 16.5. The quantitative estimate of drug-likeness (QED) is 0.482. The highest BCUT2D eigenvalue weighted by Gasteiger charge is 1.91. The van der Waals surface area contributed by atoms with Gasteiger partial charge in [-0.05, 0) is 6.92 Å². The number of nitrogens with two attached hydrogens (primary N) is 1. The van der Waals surface area contributed by atoms with E-state index in [1.54, 1.807) is 6.92 Å². The van der Waals surface area contributed by atoms with Gasteiger partial charge in [0, 0.05) is 0 Å². The van der Waals surface area contributed by atoms with Crippen LogP contribution in [0.3, 0.4) is 0 Å². The summed E-state index contributed by atoms with van der Waals surface area (Å²) in [5, 5.41) is 0. The monoisotopic (exact) mass is 105 g/mol. The second-order valence-electron chi connectivity index (χ2n) is 1.01. The lowest BCUT2D eigenvalue weighted by atomic mass is 10.9. The summed E-state index contributed by atoms with van der Waals surface area (Å²) in [6.07, 6.45) is 0. The zero-order valence-electron chi connectivity index (χ0n) is 4.31. The fourth-order valence-electron chi connectivity index (χ4n) is 0.220. The molecule has 0 aromatic heterocycles. The first kappa shape index (κ1) is 6.43. The first-order valence-corrected chi connectivity index (χ1v) is 2.17. The molecule has 0 fully saturated rings. The normalized spacial score (nSPS) is 8.29. The van der Waals surface area contributed by atoms with E-state index >= 15 is 0 Å². The smallest absolute Gasteiger partial charge is 0.319 e. The van der Waals surface area contributed by atoms with Crippen LogP contribution in [0.1, 0.15) is 6.92 Å². The summed E-state index contributed by atoms with van der Waals surface area (Å²) in [6.45, 7) is 2.14. The van der Waals surface area contributed by atoms with Crippen LogP contribution in [0.2, 0.25) is 0 Å². The maximum Gasteiger partial charge on any atom is 0.319 e. The number of ether oxygens (including phenoxy) is 1. The Morgan fingerprint density at radius 2 is 2.57 bits per heavy atom. The Balaban J connectivity index is 3.00. The van der Waals surface area contributed by atoms with Crippen molar-refractivity contribution in [2.24, 2.45) is 5.73 Å². The summed E-state index contributed by atoms with van der Waals surface area (Å²) in [5.74, 6) is -0.345. The first-order chi connectivity index (χ1) is 3.31. The molecule has 0 heterocycles. The highest BCUT2D eigenvalue weighted by Crippen LogP contribution is 1.69. The van der Waals surface area contributed by atoms with E-state index in [9.17, 15) is 4.79 Å². The lowest BCUT2D eigenvalue weighted by Gasteiger charge is -1.93. The van der Waals surface area contributed by atoms with Crippen LogP contribution in [0.5, 0.6) is 0 Å². The van der Waals surface area contributed by atoms with Crippen molar-refractivity contribution in [2.75, 3.05) is 13.2 Å². The fourth-order valence-corrected chi connectivity index (χ4v) is 0.220. The summed E-state index contributed by atoms with van der Waals surface area (Å²) in [7, 11) is 0. The van der Waals surface area contributed by atoms with Crippen molar-refractivity contribution in [2.45, 2.75) is 6.92 Å². The maximum atomic E-state index is 10.1. The number of hydrogen-bond acceptors (Lipinski definition) is 3. The molecule has 0 radical (unpaired) electrons. The predicted molar refractivity (Wildman–Crippen MR) is 25.7 cm³/mol. The van der Waals surface area contributed by atoms with Crippen molar-refractivity contribution in [3.05, 3.63) is 0 Å². The van der Waals surface area contributed by atoms with Gasteiger partial charge in [0.25, 0.3) is 0 Å². The van der Waals surface area contributed by atoms with Gasteiger partial charge in [-0.15, -0.1) is 0 Å². The standard InChI is InChI=1S/C4H9NO2/c1-2-7-4(6)3-5/h2-3,5H2,1H3/i3+2. The minimum absolute atomic E-state index is 0.0200. The van der Waals surface area contributed by atoms with E-state index in [0.29, 0.717) is 6.61 Å². The van der Waals surface area contributed by atoms with Gasteiger partial charge in [-0.2, -0.15) is 0 Å². The molecular formula is C4H9NO2. The molecule has 0 aliphatic heterocycles. The molecule has 0 aromatic carbocycles. The molecule has 42 valence electrons. The largest absolute Gasteiger partial charge is 0.465 e. The molecule has 3 nitrogen and oxygen atoms in total. The van der Waals surface area contributed by atoms with Crippen molar-refractivity contribution in [1.82, 2.24) is 0 Å². The molecule has 0 aromatic rings. The summed E-state index contributed by atoms with van der Waals surface area (Å²) in [6, 6.07) is 0. The van der Waals surface area contributed by atoms with E-state index in [2.05, 4.69) is 4.74 Å². The molecule has 0 atom stereocenters. The lowest BCUT2D eigenvalue weighted by Crippen LogP contribution is -2.16. The van der Waals surface area contributed by atoms with E-state index in [0.717, 1.165) is 0 Å². The number of esters is 1. The molecule has 0 aliphatic carbocycles. The van der Waals surface area contributed by atoms with Crippen LogP contribution in [-0.2, 0) is 9.53 Å². The third-order valence-corrected chi connectivity index (χ3v) is 0.472. The zero-order chi connectivity index (χ0) is 5.70. The van der Waals surface area contributed by atoms with Crippen LogP contribution >= 0.6 is 0 Å². The van der Waals surface area contributed by atoms with Gasteiger partial charge in [0.2, 0.25) is 0 Å². The van der Waals surface area contributed by atoms with Crippen LogP contribution in [0, 0.1) is 0 Å². The van der Waals surface area contributed by atoms with Crippen LogP contribution < -0.4 is 5.73 Å². The van der Waals surface area contributed by atoms with Gasteiger partial charge >= 0.3 is 5.97 Å². The summed E-state index contributed by atoms with van der Waals surface area (Å²) < 4.78 is 4.43. The van der Waals surface area contributed by atoms with E-state index in [4.69, 9.17) is 5.73 Å². The highest BCUT2D eigenvalue weighted by molar-refractivity contribution is 5.71. The van der Waals surface area contributed by atoms with Crippen molar-refractivity contribution < 1.29 is 9.53 Å². The fraction of sp³-hybridized carbons (Fsp3) is 0.750. The summed E-state index contributed by atoms with van der Waals surface area (Å²) in [5.41, 5.74) is 4.88. The molecule has 0 rings (SSSR count). The molecular weight excluding hydrogens is 96.0 g/mol. The Kier molecular flexibility index (Phi) is 3.32. The molecule has 7 heavy (non-hydrogen) atoms.